The number of hydrogen-bond acceptors (Lipinski definition) is 8. The summed E-state index contributed by atoms with van der Waals surface area (Å²) in [5.74, 6) is -1.03. The van der Waals surface area contributed by atoms with E-state index in [0.717, 1.165) is 38.3 Å². The fourth-order valence-corrected chi connectivity index (χ4v) is 4.34. The van der Waals surface area contributed by atoms with Crippen LogP contribution < -0.4 is 10.6 Å². The van der Waals surface area contributed by atoms with Gasteiger partial charge in [0, 0.05) is 43.7 Å². The number of anilines is 2. The lowest BCUT2D eigenvalue weighted by Crippen LogP contribution is -2.43. The van der Waals surface area contributed by atoms with Gasteiger partial charge in [-0.1, -0.05) is 18.2 Å². The molecule has 0 spiro atoms. The number of likely N-dealkylation sites (N-methyl/N-ethyl adjacent to an activating group) is 1. The molecule has 0 unspecified atom stereocenters. The minimum Gasteiger partial charge on any atom is -0.464 e. The highest BCUT2D eigenvalue weighted by Crippen LogP contribution is 2.19. The van der Waals surface area contributed by atoms with Crippen molar-refractivity contribution < 1.29 is 19.1 Å². The van der Waals surface area contributed by atoms with Crippen LogP contribution in [0.25, 0.3) is 11.0 Å². The summed E-state index contributed by atoms with van der Waals surface area (Å²) in [4.78, 5) is 53.5. The number of piperazine rings is 1. The number of aromatic amines is 1. The quantitative estimate of drug-likeness (QED) is 0.313. The zero-order valence-corrected chi connectivity index (χ0v) is 21.7. The molecule has 200 valence electrons. The average Bonchev–Trinajstić information content (AvgIpc) is 3.38. The van der Waals surface area contributed by atoms with E-state index in [2.05, 4.69) is 42.4 Å². The van der Waals surface area contributed by atoms with E-state index in [1.807, 2.05) is 12.1 Å². The number of ether oxygens (including phenoxy) is 1. The number of carbonyl (C=O) groups excluding carboxylic acids is 3. The standard InChI is InChI=1S/C28H29N7O4/c1-34-10-12-35(13-11-34)17-18-6-8-19(9-7-18)26(36)33-24-5-3-4-22(31-24)27(37)30-21-14-20-15-23(28(38)39-2)32-25(20)29-16-21/h3-9,14-16H,10-13,17H2,1-2H3,(H,29,32)(H,30,37)(H,31,33,36). The maximum atomic E-state index is 12.8. The number of methoxy groups -OCH3 is 1. The van der Waals surface area contributed by atoms with Crippen LogP contribution in [0.1, 0.15) is 36.9 Å². The SMILES string of the molecule is COC(=O)c1cc2cc(NC(=O)c3cccc(NC(=O)c4ccc(CN5CCN(C)CC5)cc4)n3)cnc2[nH]1. The van der Waals surface area contributed by atoms with E-state index in [-0.39, 0.29) is 23.1 Å². The molecule has 0 bridgehead atoms. The van der Waals surface area contributed by atoms with Crippen LogP contribution in [0.3, 0.4) is 0 Å². The maximum Gasteiger partial charge on any atom is 0.354 e. The predicted octanol–water partition coefficient (Wildman–Crippen LogP) is 3.00. The van der Waals surface area contributed by atoms with E-state index in [1.54, 1.807) is 42.5 Å². The Bertz CT molecular complexity index is 1510. The number of esters is 1. The monoisotopic (exact) mass is 527 g/mol. The van der Waals surface area contributed by atoms with Gasteiger partial charge in [-0.05, 0) is 49.0 Å². The van der Waals surface area contributed by atoms with Gasteiger partial charge in [-0.25, -0.2) is 14.8 Å². The Morgan fingerprint density at radius 1 is 0.974 bits per heavy atom. The molecule has 0 saturated carbocycles. The van der Waals surface area contributed by atoms with Gasteiger partial charge in [0.15, 0.2) is 0 Å². The van der Waals surface area contributed by atoms with Crippen molar-refractivity contribution in [2.45, 2.75) is 6.54 Å². The summed E-state index contributed by atoms with van der Waals surface area (Å²) >= 11 is 0. The molecule has 1 aliphatic rings. The lowest BCUT2D eigenvalue weighted by Gasteiger charge is -2.32. The van der Waals surface area contributed by atoms with E-state index in [9.17, 15) is 14.4 Å². The zero-order chi connectivity index (χ0) is 27.4. The number of carbonyl (C=O) groups is 3. The van der Waals surface area contributed by atoms with Crippen LogP contribution in [0.15, 0.2) is 60.8 Å². The number of nitrogens with zero attached hydrogens (tertiary/aromatic N) is 4. The van der Waals surface area contributed by atoms with Crippen molar-refractivity contribution in [1.29, 1.82) is 0 Å². The van der Waals surface area contributed by atoms with Gasteiger partial charge < -0.3 is 25.3 Å². The van der Waals surface area contributed by atoms with Crippen molar-refractivity contribution >= 4 is 40.3 Å². The van der Waals surface area contributed by atoms with Crippen LogP contribution in [0.2, 0.25) is 0 Å². The van der Waals surface area contributed by atoms with Crippen molar-refractivity contribution in [3.05, 3.63) is 83.3 Å². The van der Waals surface area contributed by atoms with Gasteiger partial charge in [0.05, 0.1) is 19.0 Å². The number of amides is 2. The van der Waals surface area contributed by atoms with E-state index >= 15 is 0 Å². The molecule has 3 aromatic heterocycles. The predicted molar refractivity (Wildman–Crippen MR) is 147 cm³/mol. The molecule has 39 heavy (non-hydrogen) atoms. The highest BCUT2D eigenvalue weighted by molar-refractivity contribution is 6.06. The first kappa shape index (κ1) is 26.0. The number of pyridine rings is 2. The molecule has 11 nitrogen and oxygen atoms in total. The molecule has 0 atom stereocenters. The van der Waals surface area contributed by atoms with Crippen molar-refractivity contribution in [3.63, 3.8) is 0 Å². The van der Waals surface area contributed by atoms with Gasteiger partial charge in [0.2, 0.25) is 0 Å². The van der Waals surface area contributed by atoms with Crippen molar-refractivity contribution in [1.82, 2.24) is 24.8 Å². The Balaban J connectivity index is 1.20. The van der Waals surface area contributed by atoms with Gasteiger partial charge in [0.1, 0.15) is 22.9 Å². The lowest BCUT2D eigenvalue weighted by atomic mass is 10.1. The number of H-pyrrole nitrogens is 1. The number of fused-ring (bicyclic) bond motifs is 1. The molecule has 0 aliphatic carbocycles. The van der Waals surface area contributed by atoms with Gasteiger partial charge in [-0.15, -0.1) is 0 Å². The van der Waals surface area contributed by atoms with E-state index < -0.39 is 11.9 Å². The van der Waals surface area contributed by atoms with E-state index in [1.165, 1.54) is 13.3 Å². The van der Waals surface area contributed by atoms with Crippen LogP contribution >= 0.6 is 0 Å². The van der Waals surface area contributed by atoms with E-state index in [4.69, 9.17) is 4.74 Å². The molecule has 1 fully saturated rings. The fourth-order valence-electron chi connectivity index (χ4n) is 4.34. The Hall–Kier alpha value is -4.61. The first-order valence-corrected chi connectivity index (χ1v) is 12.5. The summed E-state index contributed by atoms with van der Waals surface area (Å²) < 4.78 is 4.71. The summed E-state index contributed by atoms with van der Waals surface area (Å²) in [6.07, 6.45) is 1.47. The summed E-state index contributed by atoms with van der Waals surface area (Å²) in [7, 11) is 3.43. The van der Waals surface area contributed by atoms with Gasteiger partial charge in [-0.2, -0.15) is 0 Å². The molecule has 4 heterocycles. The van der Waals surface area contributed by atoms with Gasteiger partial charge >= 0.3 is 5.97 Å². The Labute approximate surface area is 225 Å². The van der Waals surface area contributed by atoms with Crippen LogP contribution in [0, 0.1) is 0 Å². The average molecular weight is 528 g/mol. The summed E-state index contributed by atoms with van der Waals surface area (Å²) in [5, 5.41) is 6.14. The summed E-state index contributed by atoms with van der Waals surface area (Å²) in [6.45, 7) is 5.03. The molecule has 4 aromatic rings. The van der Waals surface area contributed by atoms with Gasteiger partial charge in [-0.3, -0.25) is 14.5 Å². The topological polar surface area (TPSA) is 133 Å². The number of rotatable bonds is 7. The number of nitrogens with one attached hydrogen (secondary N) is 3. The second-order valence-corrected chi connectivity index (χ2v) is 9.43. The zero-order valence-electron chi connectivity index (χ0n) is 21.7. The van der Waals surface area contributed by atoms with Crippen molar-refractivity contribution in [2.75, 3.05) is 51.0 Å². The van der Waals surface area contributed by atoms with Crippen LogP contribution in [-0.4, -0.2) is 82.9 Å². The number of aromatic nitrogens is 3. The third kappa shape index (κ3) is 6.28. The third-order valence-corrected chi connectivity index (χ3v) is 6.57. The number of hydrogen-bond donors (Lipinski definition) is 3. The van der Waals surface area contributed by atoms with E-state index in [0.29, 0.717) is 22.3 Å². The summed E-state index contributed by atoms with van der Waals surface area (Å²) in [6, 6.07) is 15.6. The molecule has 3 N–H and O–H groups in total. The number of benzene rings is 1. The fraction of sp³-hybridized carbons (Fsp3) is 0.250. The molecule has 2 amide bonds. The van der Waals surface area contributed by atoms with Crippen LogP contribution in [0.4, 0.5) is 11.5 Å². The molecule has 1 saturated heterocycles. The Morgan fingerprint density at radius 3 is 2.49 bits per heavy atom. The van der Waals surface area contributed by atoms with Crippen molar-refractivity contribution in [2.24, 2.45) is 0 Å². The molecular weight excluding hydrogens is 498 g/mol. The second kappa shape index (κ2) is 11.4. The normalized spacial score (nSPS) is 14.2. The minimum atomic E-state index is -0.511. The van der Waals surface area contributed by atoms with Gasteiger partial charge in [0.25, 0.3) is 11.8 Å². The summed E-state index contributed by atoms with van der Waals surface area (Å²) in [5.41, 5.74) is 2.96. The third-order valence-electron chi connectivity index (χ3n) is 6.57. The second-order valence-electron chi connectivity index (χ2n) is 9.43. The van der Waals surface area contributed by atoms with Crippen molar-refractivity contribution in [3.8, 4) is 0 Å². The molecule has 11 heteroatoms. The Morgan fingerprint density at radius 2 is 1.74 bits per heavy atom. The Kier molecular flexibility index (Phi) is 7.62. The molecule has 0 radical (unpaired) electrons. The molecule has 1 aliphatic heterocycles. The largest absolute Gasteiger partial charge is 0.464 e. The first-order chi connectivity index (χ1) is 18.9. The maximum absolute atomic E-state index is 12.8. The van der Waals surface area contributed by atoms with Crippen LogP contribution in [0.5, 0.6) is 0 Å². The smallest absolute Gasteiger partial charge is 0.354 e. The first-order valence-electron chi connectivity index (χ1n) is 12.5. The lowest BCUT2D eigenvalue weighted by molar-refractivity contribution is 0.0594. The minimum absolute atomic E-state index is 0.125. The molecular formula is C28H29N7O4. The highest BCUT2D eigenvalue weighted by atomic mass is 16.5. The molecule has 1 aromatic carbocycles. The highest BCUT2D eigenvalue weighted by Gasteiger charge is 2.16. The van der Waals surface area contributed by atoms with Crippen LogP contribution in [-0.2, 0) is 11.3 Å². The molecule has 5 rings (SSSR count).